The zero-order chi connectivity index (χ0) is 15.0. The number of nitrogens with one attached hydrogen (secondary N) is 1. The normalized spacial score (nSPS) is 11.8. The standard InChI is InChI=1S/C15H24N2O3/c1-4-7-12(16)15(18)17-13-10-11(19-5-2)8-9-14(13)20-6-3/h8-10,12H,4-7,16H2,1-3H3,(H,17,18). The first-order chi connectivity index (χ1) is 9.62. The zero-order valence-corrected chi connectivity index (χ0v) is 12.4. The van der Waals surface area contributed by atoms with Crippen LogP contribution < -0.4 is 20.5 Å². The van der Waals surface area contributed by atoms with E-state index in [0.29, 0.717) is 36.8 Å². The van der Waals surface area contributed by atoms with Gasteiger partial charge in [0.1, 0.15) is 11.5 Å². The fraction of sp³-hybridized carbons (Fsp3) is 0.533. The van der Waals surface area contributed by atoms with Crippen molar-refractivity contribution in [2.45, 2.75) is 39.7 Å². The van der Waals surface area contributed by atoms with Gasteiger partial charge in [0.05, 0.1) is 24.9 Å². The van der Waals surface area contributed by atoms with Crippen LogP contribution in [0.4, 0.5) is 5.69 Å². The van der Waals surface area contributed by atoms with Crippen molar-refractivity contribution in [3.8, 4) is 11.5 Å². The molecule has 5 heteroatoms. The second kappa shape index (κ2) is 8.43. The molecule has 0 fully saturated rings. The molecule has 0 saturated heterocycles. The van der Waals surface area contributed by atoms with E-state index in [1.807, 2.05) is 26.8 Å². The Bertz CT molecular complexity index is 435. The Kier molecular flexibility index (Phi) is 6.87. The molecule has 0 aliphatic carbocycles. The van der Waals surface area contributed by atoms with Crippen LogP contribution in [0.25, 0.3) is 0 Å². The van der Waals surface area contributed by atoms with Crippen molar-refractivity contribution in [2.75, 3.05) is 18.5 Å². The predicted octanol–water partition coefficient (Wildman–Crippen LogP) is 2.55. The summed E-state index contributed by atoms with van der Waals surface area (Å²) in [6.45, 7) is 6.89. The van der Waals surface area contributed by atoms with E-state index < -0.39 is 6.04 Å². The van der Waals surface area contributed by atoms with Crippen molar-refractivity contribution in [3.63, 3.8) is 0 Å². The molecule has 0 bridgehead atoms. The van der Waals surface area contributed by atoms with Crippen LogP contribution in [-0.2, 0) is 4.79 Å². The molecule has 0 spiro atoms. The minimum Gasteiger partial charge on any atom is -0.494 e. The van der Waals surface area contributed by atoms with Gasteiger partial charge in [-0.05, 0) is 32.4 Å². The van der Waals surface area contributed by atoms with Crippen LogP contribution in [0, 0.1) is 0 Å². The summed E-state index contributed by atoms with van der Waals surface area (Å²) in [4.78, 5) is 12.0. The van der Waals surface area contributed by atoms with E-state index in [1.54, 1.807) is 12.1 Å². The monoisotopic (exact) mass is 280 g/mol. The Morgan fingerprint density at radius 1 is 1.25 bits per heavy atom. The van der Waals surface area contributed by atoms with Crippen LogP contribution in [0.2, 0.25) is 0 Å². The number of carbonyl (C=O) groups excluding carboxylic acids is 1. The maximum atomic E-state index is 12.0. The third kappa shape index (κ3) is 4.74. The van der Waals surface area contributed by atoms with E-state index in [1.165, 1.54) is 0 Å². The number of ether oxygens (including phenoxy) is 2. The van der Waals surface area contributed by atoms with Gasteiger partial charge in [-0.2, -0.15) is 0 Å². The summed E-state index contributed by atoms with van der Waals surface area (Å²) in [5.41, 5.74) is 6.40. The molecular weight excluding hydrogens is 256 g/mol. The summed E-state index contributed by atoms with van der Waals surface area (Å²) in [7, 11) is 0. The fourth-order valence-electron chi connectivity index (χ4n) is 1.81. The van der Waals surface area contributed by atoms with Crippen LogP contribution in [-0.4, -0.2) is 25.2 Å². The maximum absolute atomic E-state index is 12.0. The molecule has 0 saturated carbocycles. The summed E-state index contributed by atoms with van der Waals surface area (Å²) in [5.74, 6) is 1.10. The smallest absolute Gasteiger partial charge is 0.241 e. The lowest BCUT2D eigenvalue weighted by Crippen LogP contribution is -2.35. The van der Waals surface area contributed by atoms with Gasteiger partial charge in [0, 0.05) is 6.07 Å². The topological polar surface area (TPSA) is 73.6 Å². The molecule has 20 heavy (non-hydrogen) atoms. The first kappa shape index (κ1) is 16.3. The van der Waals surface area contributed by atoms with E-state index in [2.05, 4.69) is 5.32 Å². The number of anilines is 1. The molecule has 0 aromatic heterocycles. The highest BCUT2D eigenvalue weighted by atomic mass is 16.5. The molecule has 1 amide bonds. The Balaban J connectivity index is 2.88. The summed E-state index contributed by atoms with van der Waals surface area (Å²) in [5, 5.41) is 2.81. The molecule has 1 aromatic carbocycles. The van der Waals surface area contributed by atoms with E-state index in [9.17, 15) is 4.79 Å². The molecular formula is C15H24N2O3. The number of amides is 1. The molecule has 1 rings (SSSR count). The fourth-order valence-corrected chi connectivity index (χ4v) is 1.81. The van der Waals surface area contributed by atoms with Gasteiger partial charge in [0.2, 0.25) is 5.91 Å². The minimum absolute atomic E-state index is 0.207. The molecule has 1 atom stereocenters. The third-order valence-corrected chi connectivity index (χ3v) is 2.76. The lowest BCUT2D eigenvalue weighted by molar-refractivity contribution is -0.117. The highest BCUT2D eigenvalue weighted by Crippen LogP contribution is 2.29. The Labute approximate surface area is 120 Å². The molecule has 1 unspecified atom stereocenters. The summed E-state index contributed by atoms with van der Waals surface area (Å²) < 4.78 is 10.9. The molecule has 0 aliphatic rings. The second-order valence-corrected chi connectivity index (χ2v) is 4.41. The van der Waals surface area contributed by atoms with E-state index >= 15 is 0 Å². The van der Waals surface area contributed by atoms with Gasteiger partial charge in [0.15, 0.2) is 0 Å². The van der Waals surface area contributed by atoms with Gasteiger partial charge >= 0.3 is 0 Å². The number of hydrogen-bond acceptors (Lipinski definition) is 4. The van der Waals surface area contributed by atoms with Crippen molar-refractivity contribution in [1.82, 2.24) is 0 Å². The number of hydrogen-bond donors (Lipinski definition) is 2. The van der Waals surface area contributed by atoms with Crippen molar-refractivity contribution in [1.29, 1.82) is 0 Å². The molecule has 0 heterocycles. The van der Waals surface area contributed by atoms with Crippen LogP contribution in [0.1, 0.15) is 33.6 Å². The molecule has 0 radical (unpaired) electrons. The van der Waals surface area contributed by atoms with Gasteiger partial charge in [0.25, 0.3) is 0 Å². The third-order valence-electron chi connectivity index (χ3n) is 2.76. The lowest BCUT2D eigenvalue weighted by atomic mass is 10.1. The van der Waals surface area contributed by atoms with Gasteiger partial charge in [-0.25, -0.2) is 0 Å². The van der Waals surface area contributed by atoms with Gasteiger partial charge in [-0.1, -0.05) is 13.3 Å². The van der Waals surface area contributed by atoms with Crippen molar-refractivity contribution >= 4 is 11.6 Å². The maximum Gasteiger partial charge on any atom is 0.241 e. The minimum atomic E-state index is -0.509. The largest absolute Gasteiger partial charge is 0.494 e. The predicted molar refractivity (Wildman–Crippen MR) is 80.3 cm³/mol. The van der Waals surface area contributed by atoms with Crippen LogP contribution in [0.5, 0.6) is 11.5 Å². The second-order valence-electron chi connectivity index (χ2n) is 4.41. The molecule has 5 nitrogen and oxygen atoms in total. The van der Waals surface area contributed by atoms with Crippen LogP contribution >= 0.6 is 0 Å². The van der Waals surface area contributed by atoms with E-state index in [0.717, 1.165) is 6.42 Å². The average molecular weight is 280 g/mol. The Morgan fingerprint density at radius 2 is 1.95 bits per heavy atom. The summed E-state index contributed by atoms with van der Waals surface area (Å²) in [6.07, 6.45) is 1.52. The summed E-state index contributed by atoms with van der Waals surface area (Å²) in [6, 6.07) is 4.85. The van der Waals surface area contributed by atoms with Crippen LogP contribution in [0.3, 0.4) is 0 Å². The average Bonchev–Trinajstić information content (AvgIpc) is 2.42. The quantitative estimate of drug-likeness (QED) is 0.767. The van der Waals surface area contributed by atoms with Gasteiger partial charge in [-0.3, -0.25) is 4.79 Å². The molecule has 0 aliphatic heterocycles. The first-order valence-corrected chi connectivity index (χ1v) is 7.08. The number of carbonyl (C=O) groups is 1. The lowest BCUT2D eigenvalue weighted by Gasteiger charge is -2.15. The first-order valence-electron chi connectivity index (χ1n) is 7.08. The number of nitrogens with two attached hydrogens (primary N) is 1. The Hall–Kier alpha value is -1.75. The van der Waals surface area contributed by atoms with Gasteiger partial charge in [-0.15, -0.1) is 0 Å². The Morgan fingerprint density at radius 3 is 2.55 bits per heavy atom. The van der Waals surface area contributed by atoms with E-state index in [-0.39, 0.29) is 5.91 Å². The number of rotatable bonds is 8. The molecule has 3 N–H and O–H groups in total. The molecule has 1 aromatic rings. The molecule has 112 valence electrons. The highest BCUT2D eigenvalue weighted by Gasteiger charge is 2.15. The summed E-state index contributed by atoms with van der Waals surface area (Å²) >= 11 is 0. The SMILES string of the molecule is CCCC(N)C(=O)Nc1cc(OCC)ccc1OCC. The van der Waals surface area contributed by atoms with Gasteiger partial charge < -0.3 is 20.5 Å². The van der Waals surface area contributed by atoms with Crippen molar-refractivity contribution in [2.24, 2.45) is 5.73 Å². The number of benzene rings is 1. The van der Waals surface area contributed by atoms with Crippen molar-refractivity contribution < 1.29 is 14.3 Å². The van der Waals surface area contributed by atoms with Crippen LogP contribution in [0.15, 0.2) is 18.2 Å². The highest BCUT2D eigenvalue weighted by molar-refractivity contribution is 5.96. The van der Waals surface area contributed by atoms with Crippen molar-refractivity contribution in [3.05, 3.63) is 18.2 Å². The van der Waals surface area contributed by atoms with E-state index in [4.69, 9.17) is 15.2 Å². The zero-order valence-electron chi connectivity index (χ0n) is 12.4.